The highest BCUT2D eigenvalue weighted by atomic mass is 19.4. The van der Waals surface area contributed by atoms with Gasteiger partial charge in [-0.05, 0) is 44.8 Å². The van der Waals surface area contributed by atoms with Crippen LogP contribution >= 0.6 is 0 Å². The van der Waals surface area contributed by atoms with Crippen molar-refractivity contribution in [2.45, 2.75) is 19.8 Å². The maximum absolute atomic E-state index is 14.5. The number of alkyl halides is 3. The van der Waals surface area contributed by atoms with E-state index >= 15 is 0 Å². The van der Waals surface area contributed by atoms with Crippen LogP contribution in [0.2, 0.25) is 0 Å². The molecule has 6 nitrogen and oxygen atoms in total. The standard InChI is InChI=1S/C22H19F5N2O4/c1-4-32-21(31)15-11-29(13-7-5-12(6-8-13)10-28(2)3)18-14(19(15)30)9-16(23)17(24)20(18)33-22(25,26)27/h5-9,11H,4,10H2,1-3H3. The Hall–Kier alpha value is -3.47. The van der Waals surface area contributed by atoms with Crippen LogP contribution in [0, 0.1) is 11.6 Å². The number of hydrogen-bond donors (Lipinski definition) is 0. The van der Waals surface area contributed by atoms with E-state index < -0.39 is 51.6 Å². The van der Waals surface area contributed by atoms with Crippen LogP contribution in [0.3, 0.4) is 0 Å². The number of aromatic nitrogens is 1. The molecule has 0 saturated carbocycles. The Morgan fingerprint density at radius 2 is 1.76 bits per heavy atom. The van der Waals surface area contributed by atoms with Crippen molar-refractivity contribution in [1.29, 1.82) is 0 Å². The molecule has 33 heavy (non-hydrogen) atoms. The molecule has 176 valence electrons. The van der Waals surface area contributed by atoms with Crippen LogP contribution in [0.4, 0.5) is 22.0 Å². The summed E-state index contributed by atoms with van der Waals surface area (Å²) in [5, 5.41) is -0.684. The van der Waals surface area contributed by atoms with Gasteiger partial charge in [-0.2, -0.15) is 4.39 Å². The molecular weight excluding hydrogens is 451 g/mol. The van der Waals surface area contributed by atoms with Crippen LogP contribution in [0.1, 0.15) is 22.8 Å². The zero-order valence-corrected chi connectivity index (χ0v) is 17.8. The van der Waals surface area contributed by atoms with Crippen molar-refractivity contribution in [2.24, 2.45) is 0 Å². The van der Waals surface area contributed by atoms with Gasteiger partial charge in [0.05, 0.1) is 12.0 Å². The quantitative estimate of drug-likeness (QED) is 0.395. The molecule has 0 unspecified atom stereocenters. The van der Waals surface area contributed by atoms with Gasteiger partial charge in [-0.3, -0.25) is 4.79 Å². The number of rotatable bonds is 6. The number of esters is 1. The van der Waals surface area contributed by atoms with Crippen LogP contribution in [-0.4, -0.2) is 42.5 Å². The Labute approximate surface area is 184 Å². The molecule has 0 atom stereocenters. The Morgan fingerprint density at radius 3 is 2.30 bits per heavy atom. The van der Waals surface area contributed by atoms with E-state index in [1.54, 1.807) is 12.1 Å². The summed E-state index contributed by atoms with van der Waals surface area (Å²) in [7, 11) is 3.68. The minimum atomic E-state index is -5.38. The highest BCUT2D eigenvalue weighted by Crippen LogP contribution is 2.35. The maximum Gasteiger partial charge on any atom is 0.573 e. The Kier molecular flexibility index (Phi) is 6.73. The molecule has 0 aliphatic rings. The van der Waals surface area contributed by atoms with Crippen LogP contribution < -0.4 is 10.2 Å². The first kappa shape index (κ1) is 24.2. The average molecular weight is 470 g/mol. The zero-order chi connectivity index (χ0) is 24.5. The van der Waals surface area contributed by atoms with E-state index in [1.807, 2.05) is 19.0 Å². The number of nitrogens with zero attached hydrogens (tertiary/aromatic N) is 2. The van der Waals surface area contributed by atoms with Gasteiger partial charge in [-0.1, -0.05) is 12.1 Å². The van der Waals surface area contributed by atoms with Crippen LogP contribution in [-0.2, 0) is 11.3 Å². The summed E-state index contributed by atoms with van der Waals surface area (Å²) in [6.07, 6.45) is -4.46. The molecule has 0 saturated heterocycles. The van der Waals surface area contributed by atoms with Crippen LogP contribution in [0.5, 0.6) is 5.75 Å². The molecule has 1 aromatic heterocycles. The fourth-order valence-electron chi connectivity index (χ4n) is 3.30. The number of halogens is 5. The van der Waals surface area contributed by atoms with Gasteiger partial charge in [-0.25, -0.2) is 9.18 Å². The molecular formula is C22H19F5N2O4. The van der Waals surface area contributed by atoms with E-state index in [0.29, 0.717) is 12.6 Å². The topological polar surface area (TPSA) is 60.8 Å². The van der Waals surface area contributed by atoms with Gasteiger partial charge in [0.2, 0.25) is 11.2 Å². The predicted octanol–water partition coefficient (Wildman–Crippen LogP) is 4.41. The molecule has 1 heterocycles. The van der Waals surface area contributed by atoms with Crippen molar-refractivity contribution >= 4 is 16.9 Å². The normalized spacial score (nSPS) is 11.8. The van der Waals surface area contributed by atoms with Gasteiger partial charge in [0.25, 0.3) is 0 Å². The highest BCUT2D eigenvalue weighted by Gasteiger charge is 2.36. The van der Waals surface area contributed by atoms with Gasteiger partial charge in [0.15, 0.2) is 11.6 Å². The molecule has 0 N–H and O–H groups in total. The largest absolute Gasteiger partial charge is 0.573 e. The predicted molar refractivity (Wildman–Crippen MR) is 109 cm³/mol. The first-order valence-corrected chi connectivity index (χ1v) is 9.67. The summed E-state index contributed by atoms with van der Waals surface area (Å²) in [6.45, 7) is 1.96. The second kappa shape index (κ2) is 9.18. The number of hydrogen-bond acceptors (Lipinski definition) is 5. The molecule has 3 aromatic rings. The van der Waals surface area contributed by atoms with Crippen molar-refractivity contribution in [1.82, 2.24) is 9.47 Å². The Morgan fingerprint density at radius 1 is 1.12 bits per heavy atom. The fraction of sp³-hybridized carbons (Fsp3) is 0.273. The van der Waals surface area contributed by atoms with Crippen molar-refractivity contribution < 1.29 is 36.2 Å². The molecule has 2 aromatic carbocycles. The van der Waals surface area contributed by atoms with Gasteiger partial charge in [-0.15, -0.1) is 13.2 Å². The monoisotopic (exact) mass is 470 g/mol. The van der Waals surface area contributed by atoms with Crippen molar-refractivity contribution in [2.75, 3.05) is 20.7 Å². The Balaban J connectivity index is 2.40. The molecule has 0 fully saturated rings. The number of benzene rings is 2. The van der Waals surface area contributed by atoms with Crippen LogP contribution in [0.25, 0.3) is 16.6 Å². The lowest BCUT2D eigenvalue weighted by atomic mass is 10.1. The summed E-state index contributed by atoms with van der Waals surface area (Å²) in [5.74, 6) is -6.26. The smallest absolute Gasteiger partial charge is 0.462 e. The maximum atomic E-state index is 14.5. The third kappa shape index (κ3) is 5.14. The number of carbonyl (C=O) groups excluding carboxylic acids is 1. The van der Waals surface area contributed by atoms with Crippen molar-refractivity contribution in [3.63, 3.8) is 0 Å². The van der Waals surface area contributed by atoms with E-state index in [1.165, 1.54) is 19.1 Å². The summed E-state index contributed by atoms with van der Waals surface area (Å²) < 4.78 is 77.3. The minimum Gasteiger partial charge on any atom is -0.462 e. The Bertz CT molecular complexity index is 1250. The molecule has 11 heteroatoms. The molecule has 3 rings (SSSR count). The van der Waals surface area contributed by atoms with Crippen LogP contribution in [0.15, 0.2) is 41.3 Å². The van der Waals surface area contributed by atoms with E-state index in [9.17, 15) is 31.5 Å². The van der Waals surface area contributed by atoms with E-state index in [4.69, 9.17) is 4.74 Å². The van der Waals surface area contributed by atoms with Gasteiger partial charge < -0.3 is 18.9 Å². The second-order valence-corrected chi connectivity index (χ2v) is 7.31. The molecule has 0 radical (unpaired) electrons. The minimum absolute atomic E-state index is 0.0875. The van der Waals surface area contributed by atoms with Gasteiger partial charge >= 0.3 is 12.3 Å². The lowest BCUT2D eigenvalue weighted by Gasteiger charge is -2.19. The molecule has 0 spiro atoms. The summed E-state index contributed by atoms with van der Waals surface area (Å²) in [6, 6.07) is 6.74. The number of ether oxygens (including phenoxy) is 2. The van der Waals surface area contributed by atoms with Gasteiger partial charge in [0, 0.05) is 18.4 Å². The summed E-state index contributed by atoms with van der Waals surface area (Å²) >= 11 is 0. The molecule has 0 amide bonds. The van der Waals surface area contributed by atoms with E-state index in [0.717, 1.165) is 16.3 Å². The van der Waals surface area contributed by atoms with E-state index in [2.05, 4.69) is 4.74 Å². The highest BCUT2D eigenvalue weighted by molar-refractivity contribution is 5.96. The molecule has 0 aliphatic carbocycles. The first-order valence-electron chi connectivity index (χ1n) is 9.67. The van der Waals surface area contributed by atoms with Gasteiger partial charge in [0.1, 0.15) is 11.1 Å². The molecule has 0 bridgehead atoms. The number of carbonyl (C=O) groups is 1. The third-order valence-corrected chi connectivity index (χ3v) is 4.57. The fourth-order valence-corrected chi connectivity index (χ4v) is 3.30. The zero-order valence-electron chi connectivity index (χ0n) is 17.8. The lowest BCUT2D eigenvalue weighted by molar-refractivity contribution is -0.275. The van der Waals surface area contributed by atoms with Crippen molar-refractivity contribution in [3.8, 4) is 11.4 Å². The summed E-state index contributed by atoms with van der Waals surface area (Å²) in [4.78, 5) is 27.0. The van der Waals surface area contributed by atoms with E-state index in [-0.39, 0.29) is 12.3 Å². The number of pyridine rings is 1. The SMILES string of the molecule is CCOC(=O)c1cn(-c2ccc(CN(C)C)cc2)c2c(OC(F)(F)F)c(F)c(F)cc2c1=O. The lowest BCUT2D eigenvalue weighted by Crippen LogP contribution is -2.23. The third-order valence-electron chi connectivity index (χ3n) is 4.57. The second-order valence-electron chi connectivity index (χ2n) is 7.31. The molecule has 0 aliphatic heterocycles. The van der Waals surface area contributed by atoms with Crippen molar-refractivity contribution in [3.05, 3.63) is 69.5 Å². The summed E-state index contributed by atoms with van der Waals surface area (Å²) in [5.41, 5.74) is -1.36. The number of fused-ring (bicyclic) bond motifs is 1. The first-order chi connectivity index (χ1) is 15.4. The average Bonchev–Trinajstić information content (AvgIpc) is 2.71.